The van der Waals surface area contributed by atoms with Crippen molar-refractivity contribution >= 4 is 17.3 Å². The molecule has 0 aliphatic heterocycles. The van der Waals surface area contributed by atoms with Crippen molar-refractivity contribution in [1.82, 2.24) is 25.3 Å². The molecule has 0 atom stereocenters. The number of nitrogens with zero attached hydrogens (tertiary/aromatic N) is 4. The van der Waals surface area contributed by atoms with Crippen molar-refractivity contribution in [2.24, 2.45) is 0 Å². The van der Waals surface area contributed by atoms with Gasteiger partial charge < -0.3 is 10.3 Å². The van der Waals surface area contributed by atoms with Gasteiger partial charge in [0.2, 0.25) is 11.8 Å². The summed E-state index contributed by atoms with van der Waals surface area (Å²) in [6.07, 6.45) is 0.644. The Hall–Kier alpha value is -2.22. The second kappa shape index (κ2) is 3.98. The lowest BCUT2D eigenvalue weighted by Gasteiger charge is -1.87. The topological polar surface area (TPSA) is 107 Å². The van der Waals surface area contributed by atoms with E-state index < -0.39 is 0 Å². The summed E-state index contributed by atoms with van der Waals surface area (Å²) in [6.45, 7) is 0. The first kappa shape index (κ1) is 9.97. The molecule has 3 heterocycles. The van der Waals surface area contributed by atoms with Crippen molar-refractivity contribution in [3.63, 3.8) is 0 Å². The second-order valence-corrected chi connectivity index (χ2v) is 4.35. The van der Waals surface area contributed by atoms with Gasteiger partial charge in [-0.2, -0.15) is 9.97 Å². The van der Waals surface area contributed by atoms with Crippen LogP contribution in [-0.4, -0.2) is 25.3 Å². The average molecular weight is 248 g/mol. The van der Waals surface area contributed by atoms with E-state index in [0.29, 0.717) is 24.0 Å². The quantitative estimate of drug-likeness (QED) is 0.718. The Balaban J connectivity index is 1.83. The molecule has 0 amide bonds. The molecule has 0 saturated heterocycles. The van der Waals surface area contributed by atoms with Gasteiger partial charge in [0.05, 0.1) is 0 Å². The molecule has 3 aromatic rings. The number of aromatic nitrogens is 5. The van der Waals surface area contributed by atoms with Crippen LogP contribution in [0.4, 0.5) is 5.95 Å². The lowest BCUT2D eigenvalue weighted by Crippen LogP contribution is -1.88. The van der Waals surface area contributed by atoms with Gasteiger partial charge in [-0.25, -0.2) is 0 Å². The number of hydrogen-bond donors (Lipinski definition) is 2. The molecule has 3 rings (SSSR count). The Morgan fingerprint density at radius 1 is 1.41 bits per heavy atom. The monoisotopic (exact) mass is 248 g/mol. The number of thiophene rings is 1. The minimum atomic E-state index is 0.151. The summed E-state index contributed by atoms with van der Waals surface area (Å²) in [4.78, 5) is 9.29. The molecule has 0 aromatic carbocycles. The minimum Gasteiger partial charge on any atom is -0.366 e. The molecule has 8 heteroatoms. The van der Waals surface area contributed by atoms with Gasteiger partial charge in [-0.1, -0.05) is 11.2 Å². The molecule has 86 valence electrons. The molecule has 0 fully saturated rings. The molecule has 7 nitrogen and oxygen atoms in total. The number of nitrogens with two attached hydrogens (primary N) is 1. The van der Waals surface area contributed by atoms with E-state index in [2.05, 4.69) is 25.3 Å². The van der Waals surface area contributed by atoms with Gasteiger partial charge in [-0.3, -0.25) is 5.10 Å². The molecule has 0 unspecified atom stereocenters. The first-order valence-corrected chi connectivity index (χ1v) is 5.72. The number of hydrogen-bond acceptors (Lipinski definition) is 7. The summed E-state index contributed by atoms with van der Waals surface area (Å²) < 4.78 is 5.07. The molecule has 17 heavy (non-hydrogen) atoms. The van der Waals surface area contributed by atoms with Crippen LogP contribution in [0.2, 0.25) is 0 Å². The summed E-state index contributed by atoms with van der Waals surface area (Å²) in [5.41, 5.74) is 5.39. The standard InChI is InChI=1S/C9H8N6OS/c10-9-12-7(13-14-9)8-11-6(15-16-8)4-5-2-1-3-17-5/h1-3H,4H2,(H3,10,12,13,14). The Kier molecular flexibility index (Phi) is 2.33. The maximum absolute atomic E-state index is 5.39. The van der Waals surface area contributed by atoms with Crippen molar-refractivity contribution in [3.05, 3.63) is 28.2 Å². The van der Waals surface area contributed by atoms with Crippen molar-refractivity contribution in [1.29, 1.82) is 0 Å². The van der Waals surface area contributed by atoms with Crippen LogP contribution in [-0.2, 0) is 6.42 Å². The highest BCUT2D eigenvalue weighted by atomic mass is 32.1. The summed E-state index contributed by atoms with van der Waals surface area (Å²) >= 11 is 1.65. The number of aromatic amines is 1. The molecular formula is C9H8N6OS. The van der Waals surface area contributed by atoms with Crippen molar-refractivity contribution in [2.75, 3.05) is 5.73 Å². The summed E-state index contributed by atoms with van der Waals surface area (Å²) in [7, 11) is 0. The van der Waals surface area contributed by atoms with Gasteiger partial charge in [-0.05, 0) is 11.4 Å². The van der Waals surface area contributed by atoms with E-state index in [4.69, 9.17) is 10.3 Å². The van der Waals surface area contributed by atoms with Crippen LogP contribution in [0.15, 0.2) is 22.0 Å². The van der Waals surface area contributed by atoms with E-state index in [1.807, 2.05) is 17.5 Å². The molecule has 0 aliphatic carbocycles. The lowest BCUT2D eigenvalue weighted by atomic mass is 10.3. The fraction of sp³-hybridized carbons (Fsp3) is 0.111. The largest absolute Gasteiger partial charge is 0.366 e. The molecule has 3 aromatic heterocycles. The van der Waals surface area contributed by atoms with E-state index in [1.54, 1.807) is 11.3 Å². The molecule has 0 aliphatic rings. The highest BCUT2D eigenvalue weighted by molar-refractivity contribution is 7.09. The number of nitrogen functional groups attached to an aromatic ring is 1. The Labute approximate surface area is 99.7 Å². The number of nitrogens with one attached hydrogen (secondary N) is 1. The van der Waals surface area contributed by atoms with E-state index in [1.165, 1.54) is 4.88 Å². The molecular weight excluding hydrogens is 240 g/mol. The van der Waals surface area contributed by atoms with Crippen molar-refractivity contribution in [2.45, 2.75) is 6.42 Å². The summed E-state index contributed by atoms with van der Waals surface area (Å²) in [6, 6.07) is 4.01. The first-order chi connectivity index (χ1) is 8.31. The summed E-state index contributed by atoms with van der Waals surface area (Å²) in [5.74, 6) is 1.43. The normalized spacial score (nSPS) is 10.8. The number of anilines is 1. The minimum absolute atomic E-state index is 0.151. The van der Waals surface area contributed by atoms with Crippen molar-refractivity contribution in [3.8, 4) is 11.7 Å². The Bertz CT molecular complexity index is 613. The molecule has 0 bridgehead atoms. The van der Waals surface area contributed by atoms with E-state index in [-0.39, 0.29) is 5.95 Å². The third-order valence-electron chi connectivity index (χ3n) is 2.09. The van der Waals surface area contributed by atoms with Gasteiger partial charge >= 0.3 is 0 Å². The summed E-state index contributed by atoms with van der Waals surface area (Å²) in [5, 5.41) is 12.2. The fourth-order valence-corrected chi connectivity index (χ4v) is 2.06. The third kappa shape index (κ3) is 2.02. The molecule has 3 N–H and O–H groups in total. The molecule has 0 saturated carbocycles. The third-order valence-corrected chi connectivity index (χ3v) is 2.96. The number of H-pyrrole nitrogens is 1. The van der Waals surface area contributed by atoms with Gasteiger partial charge in [0.1, 0.15) is 0 Å². The van der Waals surface area contributed by atoms with Crippen LogP contribution in [0.25, 0.3) is 11.7 Å². The number of rotatable bonds is 3. The Morgan fingerprint density at radius 3 is 3.06 bits per heavy atom. The van der Waals surface area contributed by atoms with Gasteiger partial charge in [-0.15, -0.1) is 16.4 Å². The zero-order chi connectivity index (χ0) is 11.7. The highest BCUT2D eigenvalue weighted by Crippen LogP contribution is 2.16. The average Bonchev–Trinajstić information content (AvgIpc) is 2.99. The van der Waals surface area contributed by atoms with Crippen LogP contribution in [0.3, 0.4) is 0 Å². The molecule has 0 radical (unpaired) electrons. The lowest BCUT2D eigenvalue weighted by molar-refractivity contribution is 0.421. The van der Waals surface area contributed by atoms with Gasteiger partial charge in [0.25, 0.3) is 5.89 Å². The first-order valence-electron chi connectivity index (χ1n) is 4.84. The zero-order valence-corrected chi connectivity index (χ0v) is 9.44. The van der Waals surface area contributed by atoms with Gasteiger partial charge in [0.15, 0.2) is 5.82 Å². The maximum atomic E-state index is 5.39. The Morgan fingerprint density at radius 2 is 2.35 bits per heavy atom. The van der Waals surface area contributed by atoms with Gasteiger partial charge in [0, 0.05) is 11.3 Å². The second-order valence-electron chi connectivity index (χ2n) is 3.31. The zero-order valence-electron chi connectivity index (χ0n) is 8.62. The van der Waals surface area contributed by atoms with Crippen LogP contribution in [0.5, 0.6) is 0 Å². The van der Waals surface area contributed by atoms with Crippen molar-refractivity contribution < 1.29 is 4.52 Å². The maximum Gasteiger partial charge on any atom is 0.295 e. The predicted molar refractivity (Wildman–Crippen MR) is 61.2 cm³/mol. The van der Waals surface area contributed by atoms with E-state index in [0.717, 1.165) is 0 Å². The smallest absolute Gasteiger partial charge is 0.295 e. The fourth-order valence-electron chi connectivity index (χ4n) is 1.36. The SMILES string of the molecule is Nc1n[nH]c(-c2nc(Cc3cccs3)no2)n1. The highest BCUT2D eigenvalue weighted by Gasteiger charge is 2.13. The van der Waals surface area contributed by atoms with Crippen LogP contribution in [0.1, 0.15) is 10.7 Å². The van der Waals surface area contributed by atoms with E-state index >= 15 is 0 Å². The predicted octanol–water partition coefficient (Wildman–Crippen LogP) is 1.09. The van der Waals surface area contributed by atoms with E-state index in [9.17, 15) is 0 Å². The van der Waals surface area contributed by atoms with Crippen LogP contribution in [0, 0.1) is 0 Å². The molecule has 0 spiro atoms. The van der Waals surface area contributed by atoms with Crippen LogP contribution >= 0.6 is 11.3 Å². The van der Waals surface area contributed by atoms with Crippen LogP contribution < -0.4 is 5.73 Å².